The standard InChI is InChI=1S/C25H30FN3O4S/c1-17(2)22-27-21(15-34-22)24(31)29-11-13-33-25(16-29)7-9-28(10-8-25)23(30)19-4-5-20(26)18(14-19)6-12-32-3/h4-6,12,14-15,17H,7-11,13,16H2,1-3H3/b12-6+. The summed E-state index contributed by atoms with van der Waals surface area (Å²) in [5.74, 6) is -0.331. The summed E-state index contributed by atoms with van der Waals surface area (Å²) in [4.78, 5) is 34.2. The average molecular weight is 488 g/mol. The first-order valence-corrected chi connectivity index (χ1v) is 12.4. The van der Waals surface area contributed by atoms with Gasteiger partial charge in [0.25, 0.3) is 11.8 Å². The van der Waals surface area contributed by atoms with Crippen LogP contribution >= 0.6 is 11.3 Å². The zero-order valence-electron chi connectivity index (χ0n) is 19.8. The van der Waals surface area contributed by atoms with Crippen LogP contribution in [0, 0.1) is 5.82 Å². The molecule has 1 aromatic carbocycles. The van der Waals surface area contributed by atoms with Crippen LogP contribution in [0.25, 0.3) is 6.08 Å². The molecule has 34 heavy (non-hydrogen) atoms. The highest BCUT2D eigenvalue weighted by Gasteiger charge is 2.42. The second kappa shape index (κ2) is 10.2. The predicted molar refractivity (Wildman–Crippen MR) is 128 cm³/mol. The second-order valence-electron chi connectivity index (χ2n) is 9.05. The van der Waals surface area contributed by atoms with Crippen molar-refractivity contribution in [1.82, 2.24) is 14.8 Å². The summed E-state index contributed by atoms with van der Waals surface area (Å²) in [7, 11) is 1.48. The first-order valence-electron chi connectivity index (χ1n) is 11.5. The molecule has 0 N–H and O–H groups in total. The fraction of sp³-hybridized carbons (Fsp3) is 0.480. The second-order valence-corrected chi connectivity index (χ2v) is 9.94. The monoisotopic (exact) mass is 487 g/mol. The molecule has 9 heteroatoms. The van der Waals surface area contributed by atoms with Crippen LogP contribution in [0.1, 0.15) is 64.0 Å². The van der Waals surface area contributed by atoms with Crippen molar-refractivity contribution in [2.24, 2.45) is 0 Å². The lowest BCUT2D eigenvalue weighted by molar-refractivity contribution is -0.123. The number of nitrogens with zero attached hydrogens (tertiary/aromatic N) is 3. The van der Waals surface area contributed by atoms with Crippen LogP contribution in [-0.2, 0) is 9.47 Å². The maximum Gasteiger partial charge on any atom is 0.273 e. The van der Waals surface area contributed by atoms with Gasteiger partial charge >= 0.3 is 0 Å². The summed E-state index contributed by atoms with van der Waals surface area (Å²) in [6.07, 6.45) is 4.13. The van der Waals surface area contributed by atoms with Crippen molar-refractivity contribution in [3.8, 4) is 0 Å². The number of methoxy groups -OCH3 is 1. The van der Waals surface area contributed by atoms with Gasteiger partial charge in [-0.05, 0) is 37.1 Å². The van der Waals surface area contributed by atoms with Crippen LogP contribution in [0.3, 0.4) is 0 Å². The number of rotatable bonds is 5. The molecule has 0 saturated carbocycles. The van der Waals surface area contributed by atoms with E-state index in [0.29, 0.717) is 62.4 Å². The van der Waals surface area contributed by atoms with Crippen LogP contribution in [-0.4, -0.2) is 72.1 Å². The van der Waals surface area contributed by atoms with Crippen molar-refractivity contribution in [2.45, 2.75) is 38.2 Å². The molecule has 2 aromatic rings. The highest BCUT2D eigenvalue weighted by molar-refractivity contribution is 7.09. The summed E-state index contributed by atoms with van der Waals surface area (Å²) in [6, 6.07) is 4.34. The fourth-order valence-corrected chi connectivity index (χ4v) is 5.19. The number of likely N-dealkylation sites (tertiary alicyclic amines) is 1. The Morgan fingerprint density at radius 3 is 2.65 bits per heavy atom. The van der Waals surface area contributed by atoms with Crippen LogP contribution in [0.2, 0.25) is 0 Å². The van der Waals surface area contributed by atoms with Gasteiger partial charge in [-0.1, -0.05) is 13.8 Å². The molecular weight excluding hydrogens is 457 g/mol. The Morgan fingerprint density at radius 1 is 1.21 bits per heavy atom. The molecule has 2 aliphatic heterocycles. The van der Waals surface area contributed by atoms with Crippen molar-refractivity contribution in [3.05, 3.63) is 57.5 Å². The van der Waals surface area contributed by atoms with Gasteiger partial charge in [-0.15, -0.1) is 11.3 Å². The first kappa shape index (κ1) is 24.3. The van der Waals surface area contributed by atoms with E-state index < -0.39 is 11.4 Å². The Hall–Kier alpha value is -2.78. The van der Waals surface area contributed by atoms with Crippen LogP contribution in [0.4, 0.5) is 4.39 Å². The van der Waals surface area contributed by atoms with E-state index in [9.17, 15) is 14.0 Å². The van der Waals surface area contributed by atoms with E-state index in [1.54, 1.807) is 4.90 Å². The van der Waals surface area contributed by atoms with E-state index in [-0.39, 0.29) is 17.7 Å². The minimum Gasteiger partial charge on any atom is -0.504 e. The molecule has 1 aromatic heterocycles. The molecule has 2 saturated heterocycles. The molecular formula is C25H30FN3O4S. The van der Waals surface area contributed by atoms with Crippen molar-refractivity contribution >= 4 is 29.2 Å². The molecule has 4 rings (SSSR count). The van der Waals surface area contributed by atoms with Gasteiger partial charge in [-0.3, -0.25) is 9.59 Å². The lowest BCUT2D eigenvalue weighted by Crippen LogP contribution is -2.58. The number of halogens is 1. The third-order valence-electron chi connectivity index (χ3n) is 6.36. The molecule has 0 aliphatic carbocycles. The van der Waals surface area contributed by atoms with Gasteiger partial charge in [0.05, 0.1) is 37.1 Å². The summed E-state index contributed by atoms with van der Waals surface area (Å²) >= 11 is 1.52. The van der Waals surface area contributed by atoms with Crippen LogP contribution < -0.4 is 0 Å². The summed E-state index contributed by atoms with van der Waals surface area (Å²) in [6.45, 7) is 6.64. The van der Waals surface area contributed by atoms with Crippen molar-refractivity contribution in [2.75, 3.05) is 39.9 Å². The smallest absolute Gasteiger partial charge is 0.273 e. The normalized spacial score (nSPS) is 18.1. The topological polar surface area (TPSA) is 72.0 Å². The largest absolute Gasteiger partial charge is 0.504 e. The van der Waals surface area contributed by atoms with E-state index in [1.807, 2.05) is 10.3 Å². The molecule has 3 heterocycles. The SMILES string of the molecule is CO/C=C/c1cc(C(=O)N2CCC3(CC2)CN(C(=O)c2csc(C(C)C)n2)CCO3)ccc1F. The molecule has 182 valence electrons. The maximum absolute atomic E-state index is 14.0. The number of hydrogen-bond acceptors (Lipinski definition) is 6. The van der Waals surface area contributed by atoms with E-state index >= 15 is 0 Å². The predicted octanol–water partition coefficient (Wildman–Crippen LogP) is 4.17. The van der Waals surface area contributed by atoms with E-state index in [2.05, 4.69) is 18.8 Å². The number of benzene rings is 1. The molecule has 0 atom stereocenters. The highest BCUT2D eigenvalue weighted by atomic mass is 32.1. The van der Waals surface area contributed by atoms with Crippen molar-refractivity contribution in [3.63, 3.8) is 0 Å². The van der Waals surface area contributed by atoms with Gasteiger partial charge < -0.3 is 19.3 Å². The molecule has 2 amide bonds. The van der Waals surface area contributed by atoms with Gasteiger partial charge in [0.15, 0.2) is 0 Å². The molecule has 0 radical (unpaired) electrons. The number of ether oxygens (including phenoxy) is 2. The van der Waals surface area contributed by atoms with E-state index in [4.69, 9.17) is 9.47 Å². The average Bonchev–Trinajstić information content (AvgIpc) is 3.34. The van der Waals surface area contributed by atoms with Crippen molar-refractivity contribution < 1.29 is 23.5 Å². The van der Waals surface area contributed by atoms with Gasteiger partial charge in [-0.25, -0.2) is 9.37 Å². The van der Waals surface area contributed by atoms with Crippen LogP contribution in [0.5, 0.6) is 0 Å². The molecule has 2 aliphatic rings. The van der Waals surface area contributed by atoms with Crippen molar-refractivity contribution in [1.29, 1.82) is 0 Å². The quantitative estimate of drug-likeness (QED) is 0.592. The Labute approximate surface area is 203 Å². The zero-order valence-corrected chi connectivity index (χ0v) is 20.6. The fourth-order valence-electron chi connectivity index (χ4n) is 4.38. The Kier molecular flexibility index (Phi) is 7.33. The number of piperidine rings is 1. The lowest BCUT2D eigenvalue weighted by atomic mass is 9.89. The zero-order chi connectivity index (χ0) is 24.3. The van der Waals surface area contributed by atoms with Crippen LogP contribution in [0.15, 0.2) is 29.8 Å². The summed E-state index contributed by atoms with van der Waals surface area (Å²) < 4.78 is 25.0. The molecule has 1 spiro atoms. The summed E-state index contributed by atoms with van der Waals surface area (Å²) in [5, 5.41) is 2.79. The molecule has 0 unspecified atom stereocenters. The minimum absolute atomic E-state index is 0.0627. The number of aromatic nitrogens is 1. The number of carbonyl (C=O) groups is 2. The third-order valence-corrected chi connectivity index (χ3v) is 7.50. The number of carbonyl (C=O) groups excluding carboxylic acids is 2. The van der Waals surface area contributed by atoms with Gasteiger partial charge in [0, 0.05) is 42.1 Å². The number of hydrogen-bond donors (Lipinski definition) is 0. The number of amides is 2. The molecule has 2 fully saturated rings. The minimum atomic E-state index is -0.462. The van der Waals surface area contributed by atoms with E-state index in [1.165, 1.54) is 49.0 Å². The molecule has 0 bridgehead atoms. The lowest BCUT2D eigenvalue weighted by Gasteiger charge is -2.47. The highest BCUT2D eigenvalue weighted by Crippen LogP contribution is 2.32. The maximum atomic E-state index is 14.0. The summed E-state index contributed by atoms with van der Waals surface area (Å²) in [5.41, 5.74) is 0.761. The third kappa shape index (κ3) is 5.15. The Balaban J connectivity index is 1.40. The number of thiazole rings is 1. The Morgan fingerprint density at radius 2 is 1.97 bits per heavy atom. The first-order chi connectivity index (χ1) is 16.3. The van der Waals surface area contributed by atoms with Gasteiger partial charge in [0.1, 0.15) is 11.5 Å². The van der Waals surface area contributed by atoms with Gasteiger partial charge in [-0.2, -0.15) is 0 Å². The number of morpholine rings is 1. The molecule has 7 nitrogen and oxygen atoms in total. The van der Waals surface area contributed by atoms with E-state index in [0.717, 1.165) is 5.01 Å². The van der Waals surface area contributed by atoms with Gasteiger partial charge in [0.2, 0.25) is 0 Å². The Bertz CT molecular complexity index is 1080.